The molecule has 0 saturated carbocycles. The van der Waals surface area contributed by atoms with Gasteiger partial charge in [-0.15, -0.1) is 0 Å². The van der Waals surface area contributed by atoms with E-state index in [1.807, 2.05) is 12.1 Å². The van der Waals surface area contributed by atoms with Crippen molar-refractivity contribution >= 4 is 17.3 Å². The number of carbonyl (C=O) groups is 1. The fourth-order valence-electron chi connectivity index (χ4n) is 2.67. The summed E-state index contributed by atoms with van der Waals surface area (Å²) in [4.78, 5) is 17.9. The normalized spacial score (nSPS) is 14.7. The van der Waals surface area contributed by atoms with Gasteiger partial charge in [-0.3, -0.25) is 9.78 Å². The summed E-state index contributed by atoms with van der Waals surface area (Å²) < 4.78 is 13.3. The summed E-state index contributed by atoms with van der Waals surface area (Å²) in [6, 6.07) is 6.96. The highest BCUT2D eigenvalue weighted by molar-refractivity contribution is 5.95. The van der Waals surface area contributed by atoms with Gasteiger partial charge in [0.05, 0.1) is 12.7 Å². The van der Waals surface area contributed by atoms with Gasteiger partial charge < -0.3 is 10.6 Å². The highest BCUT2D eigenvalue weighted by Gasteiger charge is 2.22. The second-order valence-electron chi connectivity index (χ2n) is 5.23. The summed E-state index contributed by atoms with van der Waals surface area (Å²) in [5, 5.41) is 0. The van der Waals surface area contributed by atoms with Gasteiger partial charge in [0.1, 0.15) is 5.82 Å². The third-order valence-corrected chi connectivity index (χ3v) is 3.63. The van der Waals surface area contributed by atoms with E-state index in [9.17, 15) is 9.18 Å². The number of rotatable bonds is 2. The van der Waals surface area contributed by atoms with Gasteiger partial charge in [-0.05, 0) is 48.2 Å². The van der Waals surface area contributed by atoms with E-state index >= 15 is 0 Å². The summed E-state index contributed by atoms with van der Waals surface area (Å²) in [6.45, 7) is 0.320. The van der Waals surface area contributed by atoms with Gasteiger partial charge in [0.15, 0.2) is 0 Å². The summed E-state index contributed by atoms with van der Waals surface area (Å²) >= 11 is 0. The number of benzene rings is 1. The molecule has 21 heavy (non-hydrogen) atoms. The molecular formula is C16H16FN3O. The zero-order chi connectivity index (χ0) is 14.8. The molecule has 0 saturated heterocycles. The molecule has 0 fully saturated rings. The Hall–Kier alpha value is -2.43. The highest BCUT2D eigenvalue weighted by atomic mass is 19.1. The van der Waals surface area contributed by atoms with Crippen LogP contribution in [0.25, 0.3) is 0 Å². The van der Waals surface area contributed by atoms with Crippen molar-refractivity contribution in [2.24, 2.45) is 0 Å². The number of pyridine rings is 1. The molecule has 108 valence electrons. The van der Waals surface area contributed by atoms with Gasteiger partial charge in [0.25, 0.3) is 0 Å². The van der Waals surface area contributed by atoms with Crippen LogP contribution in [-0.2, 0) is 17.8 Å². The van der Waals surface area contributed by atoms with Gasteiger partial charge in [0.2, 0.25) is 5.91 Å². The number of halogens is 1. The van der Waals surface area contributed by atoms with Gasteiger partial charge >= 0.3 is 0 Å². The number of amides is 1. The van der Waals surface area contributed by atoms with E-state index < -0.39 is 5.82 Å². The molecule has 0 bridgehead atoms. The molecule has 0 unspecified atom stereocenters. The van der Waals surface area contributed by atoms with Crippen LogP contribution in [0.4, 0.5) is 15.8 Å². The lowest BCUT2D eigenvalue weighted by molar-refractivity contribution is -0.118. The Balaban J connectivity index is 1.98. The van der Waals surface area contributed by atoms with Crippen molar-refractivity contribution in [3.63, 3.8) is 0 Å². The largest absolute Gasteiger partial charge is 0.399 e. The molecule has 0 atom stereocenters. The molecule has 1 aromatic carbocycles. The van der Waals surface area contributed by atoms with Crippen LogP contribution in [0.5, 0.6) is 0 Å². The van der Waals surface area contributed by atoms with Crippen molar-refractivity contribution in [3.8, 4) is 0 Å². The van der Waals surface area contributed by atoms with E-state index in [-0.39, 0.29) is 5.91 Å². The van der Waals surface area contributed by atoms with E-state index in [1.165, 1.54) is 6.07 Å². The Labute approximate surface area is 122 Å². The Kier molecular flexibility index (Phi) is 3.56. The molecule has 0 radical (unpaired) electrons. The number of carbonyl (C=O) groups excluding carboxylic acids is 1. The molecule has 1 aromatic heterocycles. The van der Waals surface area contributed by atoms with Crippen molar-refractivity contribution in [1.82, 2.24) is 4.98 Å². The van der Waals surface area contributed by atoms with E-state index in [1.54, 1.807) is 17.2 Å². The van der Waals surface area contributed by atoms with Crippen molar-refractivity contribution in [2.45, 2.75) is 25.8 Å². The van der Waals surface area contributed by atoms with Crippen LogP contribution < -0.4 is 10.6 Å². The third kappa shape index (κ3) is 2.86. The highest BCUT2D eigenvalue weighted by Crippen LogP contribution is 2.30. The van der Waals surface area contributed by atoms with Crippen molar-refractivity contribution in [3.05, 3.63) is 53.6 Å². The molecule has 1 amide bonds. The summed E-state index contributed by atoms with van der Waals surface area (Å²) in [7, 11) is 0. The number of aryl methyl sites for hydroxylation is 1. The first kappa shape index (κ1) is 13.5. The quantitative estimate of drug-likeness (QED) is 0.863. The van der Waals surface area contributed by atoms with Gasteiger partial charge in [-0.25, -0.2) is 4.39 Å². The van der Waals surface area contributed by atoms with Crippen LogP contribution in [0.1, 0.15) is 24.0 Å². The summed E-state index contributed by atoms with van der Waals surface area (Å²) in [5.74, 6) is -0.352. The lowest BCUT2D eigenvalue weighted by Gasteiger charge is -2.23. The molecule has 5 heteroatoms. The Morgan fingerprint density at radius 1 is 1.24 bits per heavy atom. The van der Waals surface area contributed by atoms with Crippen LogP contribution in [0.3, 0.4) is 0 Å². The van der Waals surface area contributed by atoms with Crippen molar-refractivity contribution in [1.29, 1.82) is 0 Å². The number of nitrogens with two attached hydrogens (primary N) is 1. The zero-order valence-electron chi connectivity index (χ0n) is 11.6. The maximum absolute atomic E-state index is 13.3. The van der Waals surface area contributed by atoms with Crippen LogP contribution in [0.15, 0.2) is 36.7 Å². The topological polar surface area (TPSA) is 59.2 Å². The van der Waals surface area contributed by atoms with Crippen molar-refractivity contribution < 1.29 is 9.18 Å². The van der Waals surface area contributed by atoms with E-state index in [2.05, 4.69) is 4.98 Å². The maximum atomic E-state index is 13.3. The minimum absolute atomic E-state index is 0.0442. The van der Waals surface area contributed by atoms with Crippen LogP contribution in [-0.4, -0.2) is 10.9 Å². The molecule has 4 nitrogen and oxygen atoms in total. The molecule has 3 rings (SSSR count). The second kappa shape index (κ2) is 5.52. The number of hydrogen-bond acceptors (Lipinski definition) is 3. The minimum Gasteiger partial charge on any atom is -0.399 e. The molecule has 0 spiro atoms. The average molecular weight is 285 g/mol. The van der Waals surface area contributed by atoms with E-state index in [0.717, 1.165) is 30.3 Å². The lowest BCUT2D eigenvalue weighted by atomic mass is 10.1. The monoisotopic (exact) mass is 285 g/mol. The standard InChI is InChI=1S/C16H16FN3O/c17-13-6-11(8-19-9-13)10-20-15-5-4-14(18)7-12(15)2-1-3-16(20)21/h4-9H,1-3,10,18H2. The smallest absolute Gasteiger partial charge is 0.227 e. The lowest BCUT2D eigenvalue weighted by Crippen LogP contribution is -2.29. The molecule has 2 aromatic rings. The average Bonchev–Trinajstić information content (AvgIpc) is 2.59. The first-order valence-corrected chi connectivity index (χ1v) is 6.92. The van der Waals surface area contributed by atoms with Gasteiger partial charge in [-0.1, -0.05) is 0 Å². The van der Waals surface area contributed by atoms with E-state index in [0.29, 0.717) is 24.2 Å². The van der Waals surface area contributed by atoms with Gasteiger partial charge in [0, 0.05) is 24.0 Å². The molecule has 0 aliphatic carbocycles. The van der Waals surface area contributed by atoms with Crippen LogP contribution in [0, 0.1) is 5.82 Å². The Morgan fingerprint density at radius 2 is 2.10 bits per heavy atom. The molecule has 1 aliphatic rings. The molecule has 2 heterocycles. The fraction of sp³-hybridized carbons (Fsp3) is 0.250. The van der Waals surface area contributed by atoms with Gasteiger partial charge in [-0.2, -0.15) is 0 Å². The zero-order valence-corrected chi connectivity index (χ0v) is 11.6. The van der Waals surface area contributed by atoms with Crippen LogP contribution >= 0.6 is 0 Å². The molecule has 2 N–H and O–H groups in total. The SMILES string of the molecule is Nc1ccc2c(c1)CCCC(=O)N2Cc1cncc(F)c1. The fourth-order valence-corrected chi connectivity index (χ4v) is 2.67. The predicted octanol–water partition coefficient (Wildman–Crippen LogP) is 2.67. The summed E-state index contributed by atoms with van der Waals surface area (Å²) in [5.41, 5.74) is 9.10. The van der Waals surface area contributed by atoms with Crippen molar-refractivity contribution in [2.75, 3.05) is 10.6 Å². The number of fused-ring (bicyclic) bond motifs is 1. The number of nitrogen functional groups attached to an aromatic ring is 1. The third-order valence-electron chi connectivity index (χ3n) is 3.63. The number of hydrogen-bond donors (Lipinski definition) is 1. The van der Waals surface area contributed by atoms with E-state index in [4.69, 9.17) is 5.73 Å². The number of nitrogens with zero attached hydrogens (tertiary/aromatic N) is 2. The first-order chi connectivity index (χ1) is 10.1. The summed E-state index contributed by atoms with van der Waals surface area (Å²) in [6.07, 6.45) is 4.84. The maximum Gasteiger partial charge on any atom is 0.227 e. The number of anilines is 2. The predicted molar refractivity (Wildman–Crippen MR) is 79.2 cm³/mol. The minimum atomic E-state index is -0.396. The number of aromatic nitrogens is 1. The first-order valence-electron chi connectivity index (χ1n) is 6.92. The molecular weight excluding hydrogens is 269 g/mol. The van der Waals surface area contributed by atoms with Crippen LogP contribution in [0.2, 0.25) is 0 Å². The second-order valence-corrected chi connectivity index (χ2v) is 5.23. The Bertz CT molecular complexity index is 687. The Morgan fingerprint density at radius 3 is 2.90 bits per heavy atom. The molecule has 1 aliphatic heterocycles.